The van der Waals surface area contributed by atoms with Gasteiger partial charge in [-0.05, 0) is 12.1 Å². The third-order valence-corrected chi connectivity index (χ3v) is 2.44. The van der Waals surface area contributed by atoms with Crippen molar-refractivity contribution < 1.29 is 37.0 Å². The molecule has 0 aromatic heterocycles. The van der Waals surface area contributed by atoms with Gasteiger partial charge in [0.25, 0.3) is 6.43 Å². The Labute approximate surface area is 129 Å². The highest BCUT2D eigenvalue weighted by Gasteiger charge is 2.14. The first-order chi connectivity index (χ1) is 10.9. The summed E-state index contributed by atoms with van der Waals surface area (Å²) >= 11 is 0. The molecule has 0 aliphatic carbocycles. The number of anilines is 1. The minimum atomic E-state index is -2.74. The Morgan fingerprint density at radius 2 is 1.96 bits per heavy atom. The first-order valence-electron chi connectivity index (χ1n) is 6.22. The molecule has 9 heteroatoms. The highest BCUT2D eigenvalue weighted by Crippen LogP contribution is 2.22. The molecule has 0 spiro atoms. The van der Waals surface area contributed by atoms with Gasteiger partial charge in [-0.2, -0.15) is 0 Å². The summed E-state index contributed by atoms with van der Waals surface area (Å²) < 4.78 is 51.2. The highest BCUT2D eigenvalue weighted by molar-refractivity contribution is 5.98. The molecule has 0 bridgehead atoms. The molecule has 1 rings (SSSR count). The zero-order valence-electron chi connectivity index (χ0n) is 12.3. The number of carbonyl (C=O) groups is 2. The van der Waals surface area contributed by atoms with Crippen LogP contribution in [0.25, 0.3) is 0 Å². The third kappa shape index (κ3) is 5.89. The quantitative estimate of drug-likeness (QED) is 0.609. The van der Waals surface area contributed by atoms with Crippen molar-refractivity contribution in [1.29, 1.82) is 0 Å². The van der Waals surface area contributed by atoms with Crippen molar-refractivity contribution in [3.8, 4) is 5.75 Å². The number of hydrogen-bond acceptors (Lipinski definition) is 6. The van der Waals surface area contributed by atoms with Crippen LogP contribution in [0.5, 0.6) is 5.75 Å². The largest absolute Gasteiger partial charge is 0.485 e. The lowest BCUT2D eigenvalue weighted by atomic mass is 10.2. The molecule has 0 atom stereocenters. The maximum Gasteiger partial charge on any atom is 0.354 e. The molecule has 0 fully saturated rings. The van der Waals surface area contributed by atoms with Gasteiger partial charge in [0, 0.05) is 11.8 Å². The summed E-state index contributed by atoms with van der Waals surface area (Å²) in [6.07, 6.45) is -1.91. The molecule has 0 amide bonds. The average molecular weight is 333 g/mol. The molecular formula is C14H14F3NO5. The number of nitrogens with one attached hydrogen (secondary N) is 1. The molecule has 0 heterocycles. The summed E-state index contributed by atoms with van der Waals surface area (Å²) in [5.74, 6) is -2.99. The molecule has 0 aliphatic heterocycles. The van der Waals surface area contributed by atoms with Crippen molar-refractivity contribution in [2.45, 2.75) is 6.43 Å². The van der Waals surface area contributed by atoms with E-state index in [1.54, 1.807) is 0 Å². The Hall–Kier alpha value is -2.71. The molecule has 6 nitrogen and oxygen atoms in total. The number of benzene rings is 1. The lowest BCUT2D eigenvalue weighted by molar-refractivity contribution is -0.138. The fourth-order valence-corrected chi connectivity index (χ4v) is 1.44. The van der Waals surface area contributed by atoms with E-state index >= 15 is 0 Å². The van der Waals surface area contributed by atoms with Gasteiger partial charge in [0.05, 0.1) is 20.3 Å². The first kappa shape index (κ1) is 18.3. The Balaban J connectivity index is 2.93. The van der Waals surface area contributed by atoms with Crippen molar-refractivity contribution in [3.05, 3.63) is 35.8 Å². The van der Waals surface area contributed by atoms with Gasteiger partial charge in [0.1, 0.15) is 12.3 Å². The van der Waals surface area contributed by atoms with Crippen LogP contribution < -0.4 is 10.1 Å². The topological polar surface area (TPSA) is 73.9 Å². The van der Waals surface area contributed by atoms with E-state index in [-0.39, 0.29) is 17.1 Å². The van der Waals surface area contributed by atoms with E-state index in [9.17, 15) is 22.8 Å². The SMILES string of the molecule is COC(=O)/C=C(/Nc1ccc(OCC(F)F)c(F)c1)C(=O)OC. The lowest BCUT2D eigenvalue weighted by Crippen LogP contribution is -2.15. The smallest absolute Gasteiger partial charge is 0.354 e. The van der Waals surface area contributed by atoms with E-state index < -0.39 is 30.8 Å². The number of halogens is 3. The predicted octanol–water partition coefficient (Wildman–Crippen LogP) is 2.11. The predicted molar refractivity (Wildman–Crippen MR) is 73.6 cm³/mol. The summed E-state index contributed by atoms with van der Waals surface area (Å²) in [5, 5.41) is 2.47. The Kier molecular flexibility index (Phi) is 6.91. The van der Waals surface area contributed by atoms with E-state index in [0.29, 0.717) is 0 Å². The van der Waals surface area contributed by atoms with Gasteiger partial charge in [-0.3, -0.25) is 0 Å². The van der Waals surface area contributed by atoms with E-state index in [2.05, 4.69) is 19.5 Å². The zero-order chi connectivity index (χ0) is 17.4. The van der Waals surface area contributed by atoms with Gasteiger partial charge < -0.3 is 19.5 Å². The van der Waals surface area contributed by atoms with Crippen LogP contribution in [-0.4, -0.2) is 39.2 Å². The molecule has 126 valence electrons. The number of rotatable bonds is 7. The molecule has 0 unspecified atom stereocenters. The van der Waals surface area contributed by atoms with Gasteiger partial charge in [0.15, 0.2) is 11.6 Å². The van der Waals surface area contributed by atoms with Crippen LogP contribution in [0, 0.1) is 5.82 Å². The van der Waals surface area contributed by atoms with Crippen molar-refractivity contribution in [2.75, 3.05) is 26.1 Å². The molecule has 1 aromatic rings. The van der Waals surface area contributed by atoms with Crippen LogP contribution in [0.1, 0.15) is 0 Å². The highest BCUT2D eigenvalue weighted by atomic mass is 19.3. The second-order valence-electron chi connectivity index (χ2n) is 4.05. The number of carbonyl (C=O) groups excluding carboxylic acids is 2. The van der Waals surface area contributed by atoms with Crippen LogP contribution in [0.4, 0.5) is 18.9 Å². The molecule has 0 aliphatic rings. The molecule has 0 saturated carbocycles. The fraction of sp³-hybridized carbons (Fsp3) is 0.286. The van der Waals surface area contributed by atoms with Crippen molar-refractivity contribution in [2.24, 2.45) is 0 Å². The number of esters is 2. The second-order valence-corrected chi connectivity index (χ2v) is 4.05. The number of alkyl halides is 2. The van der Waals surface area contributed by atoms with Crippen LogP contribution >= 0.6 is 0 Å². The van der Waals surface area contributed by atoms with Gasteiger partial charge in [-0.25, -0.2) is 22.8 Å². The van der Waals surface area contributed by atoms with Gasteiger partial charge in [-0.15, -0.1) is 0 Å². The Morgan fingerprint density at radius 3 is 2.48 bits per heavy atom. The van der Waals surface area contributed by atoms with Crippen molar-refractivity contribution in [3.63, 3.8) is 0 Å². The van der Waals surface area contributed by atoms with Crippen LogP contribution in [0.3, 0.4) is 0 Å². The van der Waals surface area contributed by atoms with E-state index in [1.807, 2.05) is 0 Å². The minimum absolute atomic E-state index is 0.0763. The first-order valence-corrected chi connectivity index (χ1v) is 6.22. The molecule has 1 aromatic carbocycles. The Bertz CT molecular complexity index is 604. The Morgan fingerprint density at radius 1 is 1.26 bits per heavy atom. The van der Waals surface area contributed by atoms with Crippen molar-refractivity contribution >= 4 is 17.6 Å². The number of hydrogen-bond donors (Lipinski definition) is 1. The van der Waals surface area contributed by atoms with Crippen LogP contribution in [0.2, 0.25) is 0 Å². The van der Waals surface area contributed by atoms with Gasteiger partial charge >= 0.3 is 11.9 Å². The fourth-order valence-electron chi connectivity index (χ4n) is 1.44. The van der Waals surface area contributed by atoms with Crippen LogP contribution in [-0.2, 0) is 19.1 Å². The maximum absolute atomic E-state index is 13.7. The molecule has 1 N–H and O–H groups in total. The summed E-state index contributed by atoms with van der Waals surface area (Å²) in [7, 11) is 2.21. The summed E-state index contributed by atoms with van der Waals surface area (Å²) in [5.41, 5.74) is -0.215. The van der Waals surface area contributed by atoms with Gasteiger partial charge in [0.2, 0.25) is 0 Å². The van der Waals surface area contributed by atoms with Crippen LogP contribution in [0.15, 0.2) is 30.0 Å². The molecule has 23 heavy (non-hydrogen) atoms. The molecule has 0 saturated heterocycles. The number of methoxy groups -OCH3 is 2. The molecule has 0 radical (unpaired) electrons. The van der Waals surface area contributed by atoms with E-state index in [1.165, 1.54) is 6.07 Å². The van der Waals surface area contributed by atoms with Crippen molar-refractivity contribution in [1.82, 2.24) is 0 Å². The monoisotopic (exact) mass is 333 g/mol. The molecular weight excluding hydrogens is 319 g/mol. The minimum Gasteiger partial charge on any atom is -0.485 e. The summed E-state index contributed by atoms with van der Waals surface area (Å²) in [6, 6.07) is 3.29. The normalized spacial score (nSPS) is 11.1. The second kappa shape index (κ2) is 8.66. The maximum atomic E-state index is 13.7. The van der Waals surface area contributed by atoms with E-state index in [4.69, 9.17) is 0 Å². The summed E-state index contributed by atoms with van der Waals surface area (Å²) in [6.45, 7) is -0.945. The van der Waals surface area contributed by atoms with E-state index in [0.717, 1.165) is 32.4 Å². The summed E-state index contributed by atoms with van der Waals surface area (Å²) in [4.78, 5) is 22.7. The zero-order valence-corrected chi connectivity index (χ0v) is 12.3. The standard InChI is InChI=1S/C14H14F3NO5/c1-21-13(19)6-10(14(20)22-2)18-8-3-4-11(9(15)5-8)23-7-12(16)17/h3-6,12,18H,7H2,1-2H3/b10-6+. The average Bonchev–Trinajstić information content (AvgIpc) is 2.52. The lowest BCUT2D eigenvalue weighted by Gasteiger charge is -2.11. The number of ether oxygens (including phenoxy) is 3. The van der Waals surface area contributed by atoms with Gasteiger partial charge in [-0.1, -0.05) is 0 Å². The third-order valence-electron chi connectivity index (χ3n) is 2.44.